The number of aliphatic hydroxyl groups excluding tert-OH is 1. The number of hydrogen-bond acceptors (Lipinski definition) is 3. The fraction of sp³-hybridized carbons (Fsp3) is 0.364. The maximum Gasteiger partial charge on any atom is 0.416 e. The van der Waals surface area contributed by atoms with Crippen LogP contribution in [0.2, 0.25) is 0 Å². The van der Waals surface area contributed by atoms with E-state index in [4.69, 9.17) is 0 Å². The first kappa shape index (κ1) is 20.4. The highest BCUT2D eigenvalue weighted by molar-refractivity contribution is 6.07. The molecule has 0 bridgehead atoms. The summed E-state index contributed by atoms with van der Waals surface area (Å²) in [7, 11) is 0. The molecular formula is C22H21F3N2O3. The van der Waals surface area contributed by atoms with Gasteiger partial charge in [-0.1, -0.05) is 30.3 Å². The Kier molecular flexibility index (Phi) is 4.85. The molecule has 2 N–H and O–H groups in total. The fourth-order valence-corrected chi connectivity index (χ4v) is 4.11. The summed E-state index contributed by atoms with van der Waals surface area (Å²) in [5, 5.41) is 13.1. The van der Waals surface area contributed by atoms with Crippen molar-refractivity contribution >= 4 is 11.9 Å². The van der Waals surface area contributed by atoms with Gasteiger partial charge in [-0.15, -0.1) is 0 Å². The highest BCUT2D eigenvalue weighted by atomic mass is 19.4. The van der Waals surface area contributed by atoms with Crippen molar-refractivity contribution in [1.29, 1.82) is 0 Å². The van der Waals surface area contributed by atoms with Crippen LogP contribution in [0, 0.1) is 0 Å². The van der Waals surface area contributed by atoms with Crippen LogP contribution in [0.1, 0.15) is 47.3 Å². The van der Waals surface area contributed by atoms with Gasteiger partial charge in [0.1, 0.15) is 5.54 Å². The minimum Gasteiger partial charge on any atom is -0.387 e. The molecule has 0 spiro atoms. The zero-order valence-corrected chi connectivity index (χ0v) is 16.3. The van der Waals surface area contributed by atoms with Gasteiger partial charge in [-0.2, -0.15) is 13.2 Å². The minimum atomic E-state index is -4.48. The smallest absolute Gasteiger partial charge is 0.387 e. The van der Waals surface area contributed by atoms with E-state index in [0.29, 0.717) is 5.56 Å². The van der Waals surface area contributed by atoms with Crippen molar-refractivity contribution < 1.29 is 27.9 Å². The average molecular weight is 418 g/mol. The van der Waals surface area contributed by atoms with Gasteiger partial charge in [0.05, 0.1) is 18.2 Å². The second-order valence-corrected chi connectivity index (χ2v) is 7.94. The average Bonchev–Trinajstić information content (AvgIpc) is 3.25. The highest BCUT2D eigenvalue weighted by Crippen LogP contribution is 2.34. The quantitative estimate of drug-likeness (QED) is 0.744. The third kappa shape index (κ3) is 3.45. The Balaban J connectivity index is 1.53. The lowest BCUT2D eigenvalue weighted by Crippen LogP contribution is -2.41. The third-order valence-corrected chi connectivity index (χ3v) is 5.93. The summed E-state index contributed by atoms with van der Waals surface area (Å²) < 4.78 is 38.1. The predicted octanol–water partition coefficient (Wildman–Crippen LogP) is 3.69. The summed E-state index contributed by atoms with van der Waals surface area (Å²) >= 11 is 0. The maximum atomic E-state index is 13.1. The molecule has 4 rings (SSSR count). The molecule has 3 amide bonds. The number of benzene rings is 2. The molecule has 8 heteroatoms. The molecule has 2 unspecified atom stereocenters. The van der Waals surface area contributed by atoms with Gasteiger partial charge < -0.3 is 10.4 Å². The number of alkyl halides is 3. The molecule has 1 aliphatic heterocycles. The number of β-amino-alcohol motifs (C(OH)–C–C–N with tert-alkyl or cyclic N) is 1. The van der Waals surface area contributed by atoms with E-state index in [1.54, 1.807) is 6.92 Å². The molecular weight excluding hydrogens is 397 g/mol. The molecule has 1 heterocycles. The van der Waals surface area contributed by atoms with Gasteiger partial charge in [0.25, 0.3) is 5.91 Å². The van der Waals surface area contributed by atoms with Crippen LogP contribution >= 0.6 is 0 Å². The van der Waals surface area contributed by atoms with Crippen molar-refractivity contribution in [3.8, 4) is 0 Å². The van der Waals surface area contributed by atoms with E-state index in [2.05, 4.69) is 5.32 Å². The van der Waals surface area contributed by atoms with E-state index < -0.39 is 35.3 Å². The Morgan fingerprint density at radius 3 is 2.43 bits per heavy atom. The standard InChI is InChI=1S/C22H21F3N2O3/c1-21(17-10-5-13-3-2-4-15(13)11-17)19(29)27(20(30)26-21)12-18(28)14-6-8-16(9-7-14)22(23,24)25/h5-11,18,28H,2-4,12H2,1H3,(H,26,30). The monoisotopic (exact) mass is 418 g/mol. The van der Waals surface area contributed by atoms with E-state index in [9.17, 15) is 27.9 Å². The number of aliphatic hydroxyl groups is 1. The number of rotatable bonds is 4. The first-order chi connectivity index (χ1) is 14.1. The Morgan fingerprint density at radius 1 is 1.10 bits per heavy atom. The van der Waals surface area contributed by atoms with Crippen LogP contribution in [0.3, 0.4) is 0 Å². The van der Waals surface area contributed by atoms with Crippen LogP contribution in [0.25, 0.3) is 0 Å². The molecule has 0 aromatic heterocycles. The summed E-state index contributed by atoms with van der Waals surface area (Å²) in [4.78, 5) is 26.5. The largest absolute Gasteiger partial charge is 0.416 e. The Bertz CT molecular complexity index is 1000. The number of carbonyl (C=O) groups is 2. The van der Waals surface area contributed by atoms with Crippen molar-refractivity contribution in [1.82, 2.24) is 10.2 Å². The maximum absolute atomic E-state index is 13.1. The van der Waals surface area contributed by atoms with Gasteiger partial charge in [0.15, 0.2) is 0 Å². The first-order valence-electron chi connectivity index (χ1n) is 9.71. The second kappa shape index (κ2) is 7.12. The summed E-state index contributed by atoms with van der Waals surface area (Å²) in [5.41, 5.74) is 1.18. The summed E-state index contributed by atoms with van der Waals surface area (Å²) in [6.45, 7) is 1.27. The highest BCUT2D eigenvalue weighted by Gasteiger charge is 2.49. The van der Waals surface area contributed by atoms with Crippen molar-refractivity contribution in [2.75, 3.05) is 6.54 Å². The van der Waals surface area contributed by atoms with Crippen molar-refractivity contribution in [2.24, 2.45) is 0 Å². The summed E-state index contributed by atoms with van der Waals surface area (Å²) in [6, 6.07) is 9.11. The molecule has 1 aliphatic carbocycles. The molecule has 158 valence electrons. The molecule has 2 aromatic carbocycles. The summed E-state index contributed by atoms with van der Waals surface area (Å²) in [5.74, 6) is -0.503. The molecule has 1 fully saturated rings. The van der Waals surface area contributed by atoms with Crippen LogP contribution in [-0.2, 0) is 29.4 Å². The van der Waals surface area contributed by atoms with E-state index >= 15 is 0 Å². The molecule has 2 atom stereocenters. The van der Waals surface area contributed by atoms with Gasteiger partial charge in [-0.25, -0.2) is 4.79 Å². The second-order valence-electron chi connectivity index (χ2n) is 7.94. The fourth-order valence-electron chi connectivity index (χ4n) is 4.11. The molecule has 2 aromatic rings. The third-order valence-electron chi connectivity index (χ3n) is 5.93. The number of nitrogens with zero attached hydrogens (tertiary/aromatic N) is 1. The van der Waals surface area contributed by atoms with Crippen LogP contribution in [0.5, 0.6) is 0 Å². The first-order valence-corrected chi connectivity index (χ1v) is 9.71. The van der Waals surface area contributed by atoms with Gasteiger partial charge in [0, 0.05) is 0 Å². The number of hydrogen-bond donors (Lipinski definition) is 2. The summed E-state index contributed by atoms with van der Waals surface area (Å²) in [6.07, 6.45) is -2.80. The van der Waals surface area contributed by atoms with Crippen LogP contribution in [0.4, 0.5) is 18.0 Å². The van der Waals surface area contributed by atoms with Gasteiger partial charge in [-0.05, 0) is 60.6 Å². The van der Waals surface area contributed by atoms with E-state index in [-0.39, 0.29) is 12.1 Å². The topological polar surface area (TPSA) is 69.6 Å². The SMILES string of the molecule is CC1(c2ccc3c(c2)CCC3)NC(=O)N(CC(O)c2ccc(C(F)(F)F)cc2)C1=O. The zero-order chi connectivity index (χ0) is 21.7. The Hall–Kier alpha value is -2.87. The number of aryl methyl sites for hydroxylation is 2. The number of imide groups is 1. The van der Waals surface area contributed by atoms with Crippen LogP contribution < -0.4 is 5.32 Å². The van der Waals surface area contributed by atoms with Crippen molar-refractivity contribution in [3.63, 3.8) is 0 Å². The molecule has 1 saturated heterocycles. The molecule has 0 saturated carbocycles. The molecule has 5 nitrogen and oxygen atoms in total. The molecule has 0 radical (unpaired) electrons. The lowest BCUT2D eigenvalue weighted by molar-refractivity contribution is -0.137. The Labute approximate surface area is 171 Å². The predicted molar refractivity (Wildman–Crippen MR) is 102 cm³/mol. The van der Waals surface area contributed by atoms with E-state index in [1.165, 1.54) is 11.1 Å². The number of urea groups is 1. The number of halogens is 3. The van der Waals surface area contributed by atoms with Gasteiger partial charge in [0.2, 0.25) is 0 Å². The Morgan fingerprint density at radius 2 is 1.77 bits per heavy atom. The van der Waals surface area contributed by atoms with Crippen molar-refractivity contribution in [2.45, 2.75) is 44.0 Å². The molecule has 2 aliphatic rings. The van der Waals surface area contributed by atoms with E-state index in [0.717, 1.165) is 48.4 Å². The number of amides is 3. The lowest BCUT2D eigenvalue weighted by Gasteiger charge is -2.24. The lowest BCUT2D eigenvalue weighted by atomic mass is 9.89. The van der Waals surface area contributed by atoms with E-state index in [1.807, 2.05) is 18.2 Å². The van der Waals surface area contributed by atoms with Gasteiger partial charge >= 0.3 is 12.2 Å². The van der Waals surface area contributed by atoms with Crippen molar-refractivity contribution in [3.05, 3.63) is 70.3 Å². The normalized spacial score (nSPS) is 22.2. The number of fused-ring (bicyclic) bond motifs is 1. The number of nitrogens with one attached hydrogen (secondary N) is 1. The van der Waals surface area contributed by atoms with Crippen LogP contribution in [-0.4, -0.2) is 28.5 Å². The van der Waals surface area contributed by atoms with Gasteiger partial charge in [-0.3, -0.25) is 9.69 Å². The molecule has 30 heavy (non-hydrogen) atoms. The van der Waals surface area contributed by atoms with Crippen LogP contribution in [0.15, 0.2) is 42.5 Å². The number of carbonyl (C=O) groups excluding carboxylic acids is 2. The minimum absolute atomic E-state index is 0.190. The zero-order valence-electron chi connectivity index (χ0n) is 16.3.